The van der Waals surface area contributed by atoms with Crippen molar-refractivity contribution < 1.29 is 87.1 Å². The number of nitrogens with zero attached hydrogens (tertiary/aromatic N) is 12. The van der Waals surface area contributed by atoms with E-state index in [0.29, 0.717) is 46.9 Å². The molecule has 0 saturated heterocycles. The van der Waals surface area contributed by atoms with Crippen LogP contribution in [0, 0.1) is 17.5 Å². The van der Waals surface area contributed by atoms with E-state index in [9.17, 15) is 53.5 Å². The zero-order valence-corrected chi connectivity index (χ0v) is 53.9. The van der Waals surface area contributed by atoms with Gasteiger partial charge in [0, 0.05) is 78.3 Å². The summed E-state index contributed by atoms with van der Waals surface area (Å²) in [6.45, 7) is 21.7. The van der Waals surface area contributed by atoms with Crippen LogP contribution in [0.4, 0.5) is 61.4 Å². The van der Waals surface area contributed by atoms with Crippen molar-refractivity contribution in [2.75, 3.05) is 30.2 Å². The molecule has 9 aromatic rings. The first-order valence-corrected chi connectivity index (χ1v) is 29.1. The van der Waals surface area contributed by atoms with Gasteiger partial charge in [0.2, 0.25) is 5.85 Å². The third-order valence-electron chi connectivity index (χ3n) is 12.8. The molecule has 1 aliphatic rings. The Kier molecular flexibility index (Phi) is 25.9. The summed E-state index contributed by atoms with van der Waals surface area (Å²) in [5, 5.41) is 28.1. The highest BCUT2D eigenvalue weighted by molar-refractivity contribution is 5.82. The van der Waals surface area contributed by atoms with Gasteiger partial charge in [0.25, 0.3) is 23.8 Å². The summed E-state index contributed by atoms with van der Waals surface area (Å²) in [5.41, 5.74) is 1.92. The number of anilines is 3. The third-order valence-corrected chi connectivity index (χ3v) is 12.8. The molecule has 0 bridgehead atoms. The number of nitrogens with one attached hydrogen (secondary N) is 3. The summed E-state index contributed by atoms with van der Waals surface area (Å²) in [6.07, 6.45) is -3.95. The van der Waals surface area contributed by atoms with Crippen molar-refractivity contribution in [1.82, 2.24) is 58.7 Å². The van der Waals surface area contributed by atoms with E-state index in [1.165, 1.54) is 71.7 Å². The molecule has 3 unspecified atom stereocenters. The largest absolute Gasteiger partial charge is 0.573 e. The van der Waals surface area contributed by atoms with Crippen LogP contribution in [0.5, 0.6) is 17.2 Å². The molecule has 34 heteroatoms. The van der Waals surface area contributed by atoms with Gasteiger partial charge in [0.15, 0.2) is 12.1 Å². The number of benzene rings is 3. The monoisotopic (exact) mass is 1350 g/mol. The van der Waals surface area contributed by atoms with Crippen LogP contribution in [0.2, 0.25) is 0 Å². The Morgan fingerprint density at radius 2 is 0.937 bits per heavy atom. The molecule has 0 amide bonds. The lowest BCUT2D eigenvalue weighted by Gasteiger charge is -2.21. The average molecular weight is 1350 g/mol. The summed E-state index contributed by atoms with van der Waals surface area (Å²) >= 11 is 0. The fourth-order valence-corrected chi connectivity index (χ4v) is 8.49. The van der Waals surface area contributed by atoms with Gasteiger partial charge in [-0.2, -0.15) is 48.2 Å². The maximum atomic E-state index is 14.8. The minimum atomic E-state index is -4.97. The van der Waals surface area contributed by atoms with Gasteiger partial charge in [-0.1, -0.05) is 68.4 Å². The first-order valence-electron chi connectivity index (χ1n) is 29.1. The molecule has 0 aliphatic heterocycles. The summed E-state index contributed by atoms with van der Waals surface area (Å²) in [6, 6.07) is 11.3. The van der Waals surface area contributed by atoms with Crippen LogP contribution < -0.4 is 30.2 Å². The topological polar surface area (TPSA) is 283 Å². The van der Waals surface area contributed by atoms with Crippen molar-refractivity contribution in [3.05, 3.63) is 143 Å². The van der Waals surface area contributed by atoms with Crippen LogP contribution in [-0.2, 0) is 29.3 Å². The lowest BCUT2D eigenvalue weighted by Crippen LogP contribution is -2.25. The van der Waals surface area contributed by atoms with Crippen molar-refractivity contribution in [1.29, 1.82) is 0 Å². The second-order valence-corrected chi connectivity index (χ2v) is 21.5. The standard InChI is InChI=1S/C20H23F2N5O3.C18H15F4N5O3.C18H19F4N5O.2C2H6.CH2O2/c1-11(2)15-9-16(27-19(25-15)23-10-24-27)26-17(18(28)29-5)13-7-6-12(8-14(13)21)30-20(3,4)22;1-29-16(28)15(11-5-4-10(6-12(11)19)30-18(20,21)22)26-14-7-13(9-2-3-9)25-17-23-8-24-27(14)17;1-10(12-6-5-11(7-13(12)19)28-18(20,21)22)25-15-8-14(17(2,3)4)26-16-23-9-24-27(15)16;2*1-2;2-1-3/h6-11,17,26H,1-5H3;4-9,15,26H,2-3H2,1H3;5-10,25H,1-4H3;2*1-2H3;1H,(H,2,3). The molecular weight excluding hydrogens is 1280 g/mol. The van der Waals surface area contributed by atoms with E-state index in [0.717, 1.165) is 61.3 Å². The number of hydrogen-bond acceptors (Lipinski definition) is 20. The molecule has 1 saturated carbocycles. The van der Waals surface area contributed by atoms with Crippen LogP contribution in [0.3, 0.4) is 0 Å². The molecule has 3 atom stereocenters. The maximum Gasteiger partial charge on any atom is 0.573 e. The number of hydrogen-bond donors (Lipinski definition) is 4. The number of methoxy groups -OCH3 is 2. The Labute approximate surface area is 537 Å². The summed E-state index contributed by atoms with van der Waals surface area (Å²) < 4.78 is 158. The number of alkyl halides is 7. The fourth-order valence-electron chi connectivity index (χ4n) is 8.49. The molecule has 3 aromatic carbocycles. The predicted molar refractivity (Wildman–Crippen MR) is 326 cm³/mol. The second-order valence-electron chi connectivity index (χ2n) is 21.5. The quantitative estimate of drug-likeness (QED) is 0.0374. The number of halogens is 10. The molecule has 10 rings (SSSR count). The highest BCUT2D eigenvalue weighted by Gasteiger charge is 2.35. The third kappa shape index (κ3) is 21.2. The van der Waals surface area contributed by atoms with Crippen LogP contribution >= 0.6 is 0 Å². The number of ether oxygens (including phenoxy) is 5. The van der Waals surface area contributed by atoms with Crippen LogP contribution in [0.15, 0.2) is 91.8 Å². The van der Waals surface area contributed by atoms with Gasteiger partial charge in [0.05, 0.1) is 37.3 Å². The zero-order valence-electron chi connectivity index (χ0n) is 53.9. The average Bonchev–Trinajstić information content (AvgIpc) is 1.77. The molecule has 95 heavy (non-hydrogen) atoms. The smallest absolute Gasteiger partial charge is 0.483 e. The van der Waals surface area contributed by atoms with Crippen LogP contribution in [-0.4, -0.2) is 115 Å². The van der Waals surface area contributed by atoms with Crippen molar-refractivity contribution >= 4 is 53.2 Å². The number of carbonyl (C=O) groups excluding carboxylic acids is 2. The summed E-state index contributed by atoms with van der Waals surface area (Å²) in [7, 11) is 2.32. The normalized spacial score (nSPS) is 13.1. The summed E-state index contributed by atoms with van der Waals surface area (Å²) in [4.78, 5) is 58.7. The first kappa shape index (κ1) is 75.5. The van der Waals surface area contributed by atoms with Gasteiger partial charge in [-0.3, -0.25) is 4.79 Å². The molecule has 4 N–H and O–H groups in total. The maximum absolute atomic E-state index is 14.8. The van der Waals surface area contributed by atoms with Gasteiger partial charge in [-0.15, -0.1) is 26.3 Å². The van der Waals surface area contributed by atoms with Gasteiger partial charge in [0.1, 0.15) is 71.1 Å². The number of fused-ring (bicyclic) bond motifs is 3. The van der Waals surface area contributed by atoms with Crippen LogP contribution in [0.1, 0.15) is 160 Å². The molecular formula is C61H71F10N15O9. The number of carboxylic acid groups (broad SMARTS) is 1. The number of carbonyl (C=O) groups is 3. The predicted octanol–water partition coefficient (Wildman–Crippen LogP) is 13.5. The minimum absolute atomic E-state index is 0.00189. The molecule has 0 spiro atoms. The van der Waals surface area contributed by atoms with Crippen molar-refractivity contribution in [2.45, 2.75) is 150 Å². The summed E-state index contributed by atoms with van der Waals surface area (Å²) in [5.74, 6) is -4.96. The van der Waals surface area contributed by atoms with Gasteiger partial charge in [-0.25, -0.2) is 37.7 Å². The Morgan fingerprint density at radius 3 is 1.31 bits per heavy atom. The minimum Gasteiger partial charge on any atom is -0.483 e. The van der Waals surface area contributed by atoms with Crippen molar-refractivity contribution in [2.24, 2.45) is 0 Å². The SMILES string of the molecule is CC.CC.CC(Nc1cc(C(C)(C)C)nc2ncnn12)c1ccc(OC(F)(F)F)cc1F.COC(=O)C(Nc1cc(C(C)C)nc2ncnn12)c1ccc(OC(C)(C)F)cc1F.COC(=O)C(Nc1cc(C2CC2)nc2ncnn12)c1ccc(OC(F)(F)F)cc1F.O=CO. The lowest BCUT2D eigenvalue weighted by molar-refractivity contribution is -0.275. The van der Waals surface area contributed by atoms with E-state index in [2.05, 4.69) is 70.6 Å². The number of aromatic nitrogens is 12. The molecule has 24 nitrogen and oxygen atoms in total. The molecule has 6 heterocycles. The zero-order chi connectivity index (χ0) is 70.9. The Hall–Kier alpha value is -10.2. The molecule has 1 aliphatic carbocycles. The Morgan fingerprint density at radius 1 is 0.558 bits per heavy atom. The van der Waals surface area contributed by atoms with E-state index < -0.39 is 77.6 Å². The Balaban J connectivity index is 0.000000246. The molecule has 6 aromatic heterocycles. The number of rotatable bonds is 17. The van der Waals surface area contributed by atoms with E-state index in [4.69, 9.17) is 24.1 Å². The second kappa shape index (κ2) is 32.6. The van der Waals surface area contributed by atoms with Gasteiger partial charge >= 0.3 is 24.7 Å². The van der Waals surface area contributed by atoms with Crippen molar-refractivity contribution in [3.63, 3.8) is 0 Å². The van der Waals surface area contributed by atoms with E-state index in [1.807, 2.05) is 62.3 Å². The lowest BCUT2D eigenvalue weighted by atomic mass is 9.92. The van der Waals surface area contributed by atoms with E-state index in [1.54, 1.807) is 25.1 Å². The first-order chi connectivity index (χ1) is 44.7. The highest BCUT2D eigenvalue weighted by Crippen LogP contribution is 2.41. The van der Waals surface area contributed by atoms with Crippen molar-refractivity contribution in [3.8, 4) is 17.2 Å². The fraction of sp³-hybridized carbons (Fsp3) is 0.410. The van der Waals surface area contributed by atoms with E-state index in [-0.39, 0.29) is 46.2 Å². The Bertz CT molecular complexity index is 3860. The highest BCUT2D eigenvalue weighted by atomic mass is 19.4. The number of esters is 2. The molecule has 0 radical (unpaired) electrons. The van der Waals surface area contributed by atoms with Gasteiger partial charge in [-0.05, 0) is 56.0 Å². The van der Waals surface area contributed by atoms with Crippen LogP contribution in [0.25, 0.3) is 17.3 Å². The van der Waals surface area contributed by atoms with Gasteiger partial charge < -0.3 is 44.7 Å². The molecule has 1 fully saturated rings. The molecule has 514 valence electrons. The van der Waals surface area contributed by atoms with E-state index >= 15 is 0 Å².